The minimum absolute atomic E-state index is 0.0454. The summed E-state index contributed by atoms with van der Waals surface area (Å²) in [4.78, 5) is 30.6. The normalized spacial score (nSPS) is 14.3. The molecule has 0 spiro atoms. The maximum absolute atomic E-state index is 14.7. The predicted molar refractivity (Wildman–Crippen MR) is 191 cm³/mol. The van der Waals surface area contributed by atoms with E-state index in [1.165, 1.54) is 16.4 Å². The number of hydrogen-bond acceptors (Lipinski definition) is 4. The highest BCUT2D eigenvalue weighted by molar-refractivity contribution is 9.10. The largest absolute Gasteiger partial charge is 0.352 e. The summed E-state index contributed by atoms with van der Waals surface area (Å²) in [5, 5.41) is 3.25. The van der Waals surface area contributed by atoms with E-state index in [-0.39, 0.29) is 29.8 Å². The molecule has 0 heterocycles. The van der Waals surface area contributed by atoms with Crippen molar-refractivity contribution in [1.29, 1.82) is 0 Å². The zero-order valence-corrected chi connectivity index (χ0v) is 29.3. The second kappa shape index (κ2) is 15.8. The average molecular weight is 717 g/mol. The number of carbonyl (C=O) groups excluding carboxylic acids is 2. The third-order valence-electron chi connectivity index (χ3n) is 8.73. The first kappa shape index (κ1) is 34.4. The number of nitrogens with one attached hydrogen (secondary N) is 1. The third-order valence-corrected chi connectivity index (χ3v) is 11.0. The van der Waals surface area contributed by atoms with E-state index in [1.54, 1.807) is 29.2 Å². The van der Waals surface area contributed by atoms with Gasteiger partial charge in [0.2, 0.25) is 11.8 Å². The lowest BCUT2D eigenvalue weighted by molar-refractivity contribution is -0.140. The van der Waals surface area contributed by atoms with Crippen LogP contribution in [-0.4, -0.2) is 43.8 Å². The Hall–Kier alpha value is -3.95. The van der Waals surface area contributed by atoms with Gasteiger partial charge in [0.15, 0.2) is 0 Å². The smallest absolute Gasteiger partial charge is 0.264 e. The Bertz CT molecular complexity index is 1760. The monoisotopic (exact) mass is 715 g/mol. The molecular weight excluding hydrogens is 674 g/mol. The van der Waals surface area contributed by atoms with Crippen molar-refractivity contribution in [3.8, 4) is 0 Å². The van der Waals surface area contributed by atoms with Crippen molar-refractivity contribution in [2.24, 2.45) is 0 Å². The molecule has 4 aromatic carbocycles. The number of hydrogen-bond donors (Lipinski definition) is 1. The summed E-state index contributed by atoms with van der Waals surface area (Å²) in [6, 6.07) is 30.2. The predicted octanol–water partition coefficient (Wildman–Crippen LogP) is 7.35. The van der Waals surface area contributed by atoms with Crippen molar-refractivity contribution in [1.82, 2.24) is 10.2 Å². The number of rotatable bonds is 12. The van der Waals surface area contributed by atoms with Gasteiger partial charge >= 0.3 is 0 Å². The van der Waals surface area contributed by atoms with Crippen molar-refractivity contribution < 1.29 is 18.0 Å². The second-order valence-corrected chi connectivity index (χ2v) is 15.1. The van der Waals surface area contributed by atoms with Gasteiger partial charge < -0.3 is 10.2 Å². The Labute approximate surface area is 287 Å². The van der Waals surface area contributed by atoms with Crippen molar-refractivity contribution in [3.05, 3.63) is 130 Å². The molecular formula is C38H42BrN3O4S. The van der Waals surface area contributed by atoms with Gasteiger partial charge in [-0.25, -0.2) is 8.42 Å². The quantitative estimate of drug-likeness (QED) is 0.166. The zero-order chi connectivity index (χ0) is 33.4. The van der Waals surface area contributed by atoms with E-state index in [0.29, 0.717) is 5.69 Å². The van der Waals surface area contributed by atoms with Gasteiger partial charge in [-0.05, 0) is 79.3 Å². The van der Waals surface area contributed by atoms with Gasteiger partial charge in [0.1, 0.15) is 12.6 Å². The van der Waals surface area contributed by atoms with E-state index in [2.05, 4.69) is 21.2 Å². The fraction of sp³-hybridized carbons (Fsp3) is 0.316. The number of nitrogens with zero attached hydrogens (tertiary/aromatic N) is 2. The molecule has 1 N–H and O–H groups in total. The molecule has 0 saturated heterocycles. The summed E-state index contributed by atoms with van der Waals surface area (Å²) in [5.74, 6) is -0.691. The molecule has 1 fully saturated rings. The van der Waals surface area contributed by atoms with Crippen LogP contribution in [0, 0.1) is 13.8 Å². The molecule has 1 saturated carbocycles. The summed E-state index contributed by atoms with van der Waals surface area (Å²) in [6.45, 7) is 3.39. The van der Waals surface area contributed by atoms with Crippen LogP contribution in [-0.2, 0) is 32.6 Å². The van der Waals surface area contributed by atoms with Gasteiger partial charge in [-0.3, -0.25) is 13.9 Å². The number of amides is 2. The number of benzene rings is 4. The van der Waals surface area contributed by atoms with E-state index >= 15 is 0 Å². The van der Waals surface area contributed by atoms with Crippen molar-refractivity contribution >= 4 is 43.5 Å². The van der Waals surface area contributed by atoms with E-state index in [1.807, 2.05) is 80.6 Å². The third kappa shape index (κ3) is 8.90. The van der Waals surface area contributed by atoms with Crippen LogP contribution in [0.25, 0.3) is 0 Å². The number of carbonyl (C=O) groups is 2. The van der Waals surface area contributed by atoms with Gasteiger partial charge in [0.25, 0.3) is 10.0 Å². The summed E-state index contributed by atoms with van der Waals surface area (Å²) in [7, 11) is -4.15. The highest BCUT2D eigenvalue weighted by Gasteiger charge is 2.35. The summed E-state index contributed by atoms with van der Waals surface area (Å²) in [5.41, 5.74) is 3.75. The second-order valence-electron chi connectivity index (χ2n) is 12.3. The topological polar surface area (TPSA) is 86.8 Å². The molecule has 7 nitrogen and oxygen atoms in total. The lowest BCUT2D eigenvalue weighted by Crippen LogP contribution is -2.55. The molecule has 1 aliphatic carbocycles. The fourth-order valence-corrected chi connectivity index (χ4v) is 7.86. The molecule has 246 valence electrons. The molecule has 47 heavy (non-hydrogen) atoms. The van der Waals surface area contributed by atoms with Crippen LogP contribution < -0.4 is 9.62 Å². The Kier molecular flexibility index (Phi) is 11.5. The lowest BCUT2D eigenvalue weighted by Gasteiger charge is -2.35. The van der Waals surface area contributed by atoms with Crippen molar-refractivity contribution in [3.63, 3.8) is 0 Å². The molecule has 2 amide bonds. The van der Waals surface area contributed by atoms with E-state index in [0.717, 1.165) is 58.8 Å². The van der Waals surface area contributed by atoms with Crippen LogP contribution in [0.4, 0.5) is 5.69 Å². The van der Waals surface area contributed by atoms with Gasteiger partial charge in [0, 0.05) is 23.5 Å². The first-order valence-corrected chi connectivity index (χ1v) is 18.4. The first-order valence-electron chi connectivity index (χ1n) is 16.1. The summed E-state index contributed by atoms with van der Waals surface area (Å²) < 4.78 is 30.6. The molecule has 0 aliphatic heterocycles. The fourth-order valence-electron chi connectivity index (χ4n) is 6.11. The molecule has 0 aromatic heterocycles. The molecule has 1 aliphatic rings. The van der Waals surface area contributed by atoms with Crippen LogP contribution in [0.2, 0.25) is 0 Å². The Morgan fingerprint density at radius 2 is 1.47 bits per heavy atom. The number of anilines is 1. The van der Waals surface area contributed by atoms with Gasteiger partial charge in [-0.1, -0.05) is 108 Å². The Morgan fingerprint density at radius 1 is 0.830 bits per heavy atom. The first-order chi connectivity index (χ1) is 22.6. The Morgan fingerprint density at radius 3 is 2.13 bits per heavy atom. The molecule has 1 unspecified atom stereocenters. The minimum atomic E-state index is -4.15. The molecule has 0 bridgehead atoms. The molecule has 5 rings (SSSR count). The van der Waals surface area contributed by atoms with Crippen LogP contribution in [0.1, 0.15) is 54.4 Å². The summed E-state index contributed by atoms with van der Waals surface area (Å²) >= 11 is 3.49. The molecule has 4 aromatic rings. The van der Waals surface area contributed by atoms with E-state index in [4.69, 9.17) is 0 Å². The zero-order valence-electron chi connectivity index (χ0n) is 26.9. The minimum Gasteiger partial charge on any atom is -0.352 e. The van der Waals surface area contributed by atoms with Gasteiger partial charge in [-0.15, -0.1) is 0 Å². The van der Waals surface area contributed by atoms with Crippen molar-refractivity contribution in [2.45, 2.75) is 75.9 Å². The molecule has 9 heteroatoms. The lowest BCUT2D eigenvalue weighted by atomic mass is 9.94. The standard InChI is InChI=1S/C38H42BrN3O4S/c1-28-18-19-29(2)35(24-28)42(47(45,46)34-16-10-5-11-17-34)27-37(43)41(26-31-20-22-32(39)23-21-31)36(25-30-12-6-3-7-13-30)38(44)40-33-14-8-4-9-15-33/h3,5-7,10-13,16-24,33,36H,4,8-9,14-15,25-27H2,1-2H3,(H,40,44). The number of sulfonamides is 1. The highest BCUT2D eigenvalue weighted by atomic mass is 79.9. The number of halogens is 1. The van der Waals surface area contributed by atoms with Crippen LogP contribution in [0.15, 0.2) is 112 Å². The summed E-state index contributed by atoms with van der Waals surface area (Å²) in [6.07, 6.45) is 5.35. The van der Waals surface area contributed by atoms with Crippen LogP contribution in [0.5, 0.6) is 0 Å². The van der Waals surface area contributed by atoms with Crippen LogP contribution in [0.3, 0.4) is 0 Å². The number of aryl methyl sites for hydroxylation is 2. The van der Waals surface area contributed by atoms with E-state index < -0.39 is 28.5 Å². The maximum Gasteiger partial charge on any atom is 0.264 e. The highest BCUT2D eigenvalue weighted by Crippen LogP contribution is 2.29. The Balaban J connectivity index is 1.58. The van der Waals surface area contributed by atoms with E-state index in [9.17, 15) is 18.0 Å². The van der Waals surface area contributed by atoms with Crippen molar-refractivity contribution in [2.75, 3.05) is 10.8 Å². The maximum atomic E-state index is 14.7. The van der Waals surface area contributed by atoms with Crippen LogP contribution >= 0.6 is 15.9 Å². The molecule has 1 atom stereocenters. The average Bonchev–Trinajstić information content (AvgIpc) is 3.08. The molecule has 0 radical (unpaired) electrons. The van der Waals surface area contributed by atoms with Gasteiger partial charge in [0.05, 0.1) is 10.6 Å². The van der Waals surface area contributed by atoms with Gasteiger partial charge in [-0.2, -0.15) is 0 Å². The SMILES string of the molecule is Cc1ccc(C)c(N(CC(=O)N(Cc2ccc(Br)cc2)C(Cc2ccccc2)C(=O)NC2CCCCC2)S(=O)(=O)c2ccccc2)c1.